The van der Waals surface area contributed by atoms with Gasteiger partial charge in [-0.15, -0.1) is 0 Å². The molecule has 150 valence electrons. The third kappa shape index (κ3) is 3.53. The molecule has 2 atom stereocenters. The Bertz CT molecular complexity index is 1030. The molecule has 3 aromatic rings. The van der Waals surface area contributed by atoms with Crippen molar-refractivity contribution >= 4 is 28.6 Å². The van der Waals surface area contributed by atoms with Gasteiger partial charge in [0.1, 0.15) is 5.52 Å². The van der Waals surface area contributed by atoms with E-state index in [1.165, 1.54) is 19.3 Å². The summed E-state index contributed by atoms with van der Waals surface area (Å²) in [5, 5.41) is 3.72. The van der Waals surface area contributed by atoms with Crippen LogP contribution in [0, 0.1) is 0 Å². The maximum atomic E-state index is 13.2. The van der Waals surface area contributed by atoms with E-state index in [2.05, 4.69) is 22.2 Å². The zero-order valence-electron chi connectivity index (χ0n) is 16.4. The average Bonchev–Trinajstić information content (AvgIpc) is 3.12. The Balaban J connectivity index is 1.43. The Morgan fingerprint density at radius 1 is 1.17 bits per heavy atom. The van der Waals surface area contributed by atoms with Gasteiger partial charge in [0, 0.05) is 28.7 Å². The third-order valence-electron chi connectivity index (χ3n) is 6.40. The summed E-state index contributed by atoms with van der Waals surface area (Å²) in [4.78, 5) is 20.2. The molecule has 6 heteroatoms. The van der Waals surface area contributed by atoms with Gasteiger partial charge in [0.15, 0.2) is 5.58 Å². The summed E-state index contributed by atoms with van der Waals surface area (Å²) in [5.41, 5.74) is 2.40. The van der Waals surface area contributed by atoms with Crippen molar-refractivity contribution in [2.24, 2.45) is 0 Å². The van der Waals surface area contributed by atoms with E-state index in [-0.39, 0.29) is 11.9 Å². The number of nitrogens with zero attached hydrogens (tertiary/aromatic N) is 2. The lowest BCUT2D eigenvalue weighted by molar-refractivity contribution is 0.0463. The second-order valence-electron chi connectivity index (χ2n) is 8.23. The van der Waals surface area contributed by atoms with Crippen LogP contribution < -0.4 is 5.32 Å². The van der Waals surface area contributed by atoms with E-state index in [0.717, 1.165) is 18.4 Å². The lowest BCUT2D eigenvalue weighted by Gasteiger charge is -2.47. The van der Waals surface area contributed by atoms with Gasteiger partial charge in [0.05, 0.1) is 5.56 Å². The van der Waals surface area contributed by atoms with Crippen molar-refractivity contribution < 1.29 is 9.21 Å². The van der Waals surface area contributed by atoms with Crippen molar-refractivity contribution in [3.8, 4) is 11.5 Å². The predicted molar refractivity (Wildman–Crippen MR) is 114 cm³/mol. The SMILES string of the molecule is CN1C2CCCC1CC(NC(=O)c1cc(Cl)cc3nc(-c4ccccc4)oc13)C2. The molecule has 2 aliphatic heterocycles. The number of piperidine rings is 2. The molecule has 1 aromatic heterocycles. The summed E-state index contributed by atoms with van der Waals surface area (Å²) in [6.45, 7) is 0. The Hall–Kier alpha value is -2.37. The summed E-state index contributed by atoms with van der Waals surface area (Å²) in [6, 6.07) is 14.4. The van der Waals surface area contributed by atoms with Crippen LogP contribution in [0.3, 0.4) is 0 Å². The molecule has 3 heterocycles. The number of fused-ring (bicyclic) bond motifs is 3. The van der Waals surface area contributed by atoms with E-state index in [1.54, 1.807) is 12.1 Å². The normalized spacial score (nSPS) is 24.6. The number of amides is 1. The lowest BCUT2D eigenvalue weighted by atomic mass is 9.82. The van der Waals surface area contributed by atoms with E-state index in [1.807, 2.05) is 30.3 Å². The predicted octanol–water partition coefficient (Wildman–Crippen LogP) is 4.89. The number of rotatable bonds is 3. The van der Waals surface area contributed by atoms with Crippen molar-refractivity contribution in [2.75, 3.05) is 7.05 Å². The lowest BCUT2D eigenvalue weighted by Crippen LogP contribution is -2.55. The molecule has 29 heavy (non-hydrogen) atoms. The minimum atomic E-state index is -0.138. The second kappa shape index (κ2) is 7.47. The van der Waals surface area contributed by atoms with Gasteiger partial charge in [-0.2, -0.15) is 0 Å². The number of hydrogen-bond acceptors (Lipinski definition) is 4. The van der Waals surface area contributed by atoms with Crippen molar-refractivity contribution in [1.29, 1.82) is 0 Å². The molecule has 0 saturated carbocycles. The number of hydrogen-bond donors (Lipinski definition) is 1. The highest BCUT2D eigenvalue weighted by Gasteiger charge is 2.36. The molecular formula is C23H24ClN3O2. The van der Waals surface area contributed by atoms with Gasteiger partial charge in [-0.25, -0.2) is 4.98 Å². The number of aromatic nitrogens is 1. The van der Waals surface area contributed by atoms with Crippen LogP contribution >= 0.6 is 11.6 Å². The molecule has 2 aliphatic rings. The maximum absolute atomic E-state index is 13.2. The highest BCUT2D eigenvalue weighted by atomic mass is 35.5. The van der Waals surface area contributed by atoms with E-state index < -0.39 is 0 Å². The fourth-order valence-electron chi connectivity index (χ4n) is 4.87. The highest BCUT2D eigenvalue weighted by molar-refractivity contribution is 6.32. The zero-order valence-corrected chi connectivity index (χ0v) is 17.2. The van der Waals surface area contributed by atoms with Crippen LogP contribution in [-0.4, -0.2) is 41.0 Å². The molecule has 2 fully saturated rings. The molecule has 2 aromatic carbocycles. The Morgan fingerprint density at radius 2 is 1.90 bits per heavy atom. The number of carbonyl (C=O) groups is 1. The van der Waals surface area contributed by atoms with Crippen LogP contribution in [0.15, 0.2) is 46.9 Å². The average molecular weight is 410 g/mol. The molecule has 0 radical (unpaired) electrons. The molecule has 5 rings (SSSR count). The van der Waals surface area contributed by atoms with Crippen LogP contribution in [-0.2, 0) is 0 Å². The molecule has 1 N–H and O–H groups in total. The van der Waals surface area contributed by atoms with Crippen LogP contribution in [0.1, 0.15) is 42.5 Å². The minimum absolute atomic E-state index is 0.138. The quantitative estimate of drug-likeness (QED) is 0.668. The van der Waals surface area contributed by atoms with Crippen molar-refractivity contribution in [3.05, 3.63) is 53.1 Å². The van der Waals surface area contributed by atoms with Crippen LogP contribution in [0.5, 0.6) is 0 Å². The molecule has 5 nitrogen and oxygen atoms in total. The van der Waals surface area contributed by atoms with Gasteiger partial charge < -0.3 is 14.6 Å². The first-order valence-corrected chi connectivity index (χ1v) is 10.6. The number of nitrogens with one attached hydrogen (secondary N) is 1. The maximum Gasteiger partial charge on any atom is 0.255 e. The zero-order chi connectivity index (χ0) is 20.0. The first-order chi connectivity index (χ1) is 14.1. The van der Waals surface area contributed by atoms with Gasteiger partial charge in [0.2, 0.25) is 5.89 Å². The first-order valence-electron chi connectivity index (χ1n) is 10.3. The number of benzene rings is 2. The van der Waals surface area contributed by atoms with Crippen molar-refractivity contribution in [1.82, 2.24) is 15.2 Å². The summed E-state index contributed by atoms with van der Waals surface area (Å²) in [7, 11) is 2.21. The van der Waals surface area contributed by atoms with Crippen molar-refractivity contribution in [2.45, 2.75) is 50.2 Å². The fraction of sp³-hybridized carbons (Fsp3) is 0.391. The van der Waals surface area contributed by atoms with Gasteiger partial charge >= 0.3 is 0 Å². The van der Waals surface area contributed by atoms with Crippen LogP contribution in [0.2, 0.25) is 5.02 Å². The van der Waals surface area contributed by atoms with Crippen molar-refractivity contribution in [3.63, 3.8) is 0 Å². The standard InChI is InChI=1S/C23H24ClN3O2/c1-27-17-8-5-9-18(27)13-16(12-17)25-22(28)19-10-15(24)11-20-21(19)29-23(26-20)14-6-3-2-4-7-14/h2-4,6-7,10-11,16-18H,5,8-9,12-13H2,1H3,(H,25,28). The van der Waals surface area contributed by atoms with Gasteiger partial charge in [0.25, 0.3) is 5.91 Å². The number of oxazole rings is 1. The Kier molecular flexibility index (Phi) is 4.80. The summed E-state index contributed by atoms with van der Waals surface area (Å²) < 4.78 is 6.00. The monoisotopic (exact) mass is 409 g/mol. The Labute approximate surface area is 175 Å². The van der Waals surface area contributed by atoms with E-state index in [0.29, 0.717) is 39.7 Å². The first kappa shape index (κ1) is 18.6. The molecule has 2 bridgehead atoms. The summed E-state index contributed by atoms with van der Waals surface area (Å²) in [5.74, 6) is 0.353. The molecule has 0 aliphatic carbocycles. The molecule has 1 amide bonds. The number of halogens is 1. The fourth-order valence-corrected chi connectivity index (χ4v) is 5.08. The van der Waals surface area contributed by atoms with Gasteiger partial charge in [-0.05, 0) is 57.0 Å². The Morgan fingerprint density at radius 3 is 2.62 bits per heavy atom. The molecule has 2 unspecified atom stereocenters. The third-order valence-corrected chi connectivity index (χ3v) is 6.61. The van der Waals surface area contributed by atoms with Crippen LogP contribution in [0.4, 0.5) is 0 Å². The van der Waals surface area contributed by atoms with E-state index in [4.69, 9.17) is 16.0 Å². The van der Waals surface area contributed by atoms with Gasteiger partial charge in [-0.1, -0.05) is 36.2 Å². The summed E-state index contributed by atoms with van der Waals surface area (Å²) >= 11 is 6.29. The summed E-state index contributed by atoms with van der Waals surface area (Å²) in [6.07, 6.45) is 5.70. The second-order valence-corrected chi connectivity index (χ2v) is 8.67. The highest BCUT2D eigenvalue weighted by Crippen LogP contribution is 2.33. The van der Waals surface area contributed by atoms with E-state index >= 15 is 0 Å². The topological polar surface area (TPSA) is 58.4 Å². The largest absolute Gasteiger partial charge is 0.435 e. The van der Waals surface area contributed by atoms with Gasteiger partial charge in [-0.3, -0.25) is 4.79 Å². The minimum Gasteiger partial charge on any atom is -0.435 e. The van der Waals surface area contributed by atoms with E-state index in [9.17, 15) is 4.79 Å². The van der Waals surface area contributed by atoms with Crippen LogP contribution in [0.25, 0.3) is 22.6 Å². The smallest absolute Gasteiger partial charge is 0.255 e. The number of carbonyl (C=O) groups excluding carboxylic acids is 1. The molecular weight excluding hydrogens is 386 g/mol. The molecule has 0 spiro atoms. The molecule has 2 saturated heterocycles.